The summed E-state index contributed by atoms with van der Waals surface area (Å²) in [5.74, 6) is -0.620. The third-order valence-electron chi connectivity index (χ3n) is 11.5. The molecule has 65 heavy (non-hydrogen) atoms. The van der Waals surface area contributed by atoms with Gasteiger partial charge in [0.15, 0.2) is 0 Å². The molecule has 1 aromatic carbocycles. The van der Waals surface area contributed by atoms with Gasteiger partial charge in [0.25, 0.3) is 5.91 Å². The van der Waals surface area contributed by atoms with E-state index in [9.17, 15) is 34.2 Å². The van der Waals surface area contributed by atoms with E-state index in [4.69, 9.17) is 4.74 Å². The van der Waals surface area contributed by atoms with Gasteiger partial charge in [-0.1, -0.05) is 65.0 Å². The number of β-amino-alcohol motifs (C(OH)–C–C–N with tert-alkyl or cyclic N) is 2. The van der Waals surface area contributed by atoms with E-state index in [1.165, 1.54) is 40.2 Å². The van der Waals surface area contributed by atoms with Gasteiger partial charge < -0.3 is 46.0 Å². The molecule has 2 fully saturated rings. The predicted octanol–water partition coefficient (Wildman–Crippen LogP) is 2.12. The number of allylic oxidation sites excluding steroid dienone is 1. The third kappa shape index (κ3) is 15.3. The number of carbonyl (C=O) groups is 5. The molecule has 0 saturated carbocycles. The number of thioether (sulfide) groups is 1. The van der Waals surface area contributed by atoms with Crippen LogP contribution in [0, 0.1) is 5.41 Å². The Balaban J connectivity index is 0.994. The van der Waals surface area contributed by atoms with Crippen LogP contribution in [0.5, 0.6) is 0 Å². The quantitative estimate of drug-likeness (QED) is 0.0431. The van der Waals surface area contributed by atoms with Gasteiger partial charge in [-0.25, -0.2) is 9.97 Å². The Morgan fingerprint density at radius 3 is 2.49 bits per heavy atom. The fourth-order valence-electron chi connectivity index (χ4n) is 7.87. The van der Waals surface area contributed by atoms with E-state index in [1.54, 1.807) is 23.4 Å². The van der Waals surface area contributed by atoms with Crippen molar-refractivity contribution in [2.75, 3.05) is 63.6 Å². The molecule has 356 valence electrons. The summed E-state index contributed by atoms with van der Waals surface area (Å²) in [7, 11) is 0. The largest absolute Gasteiger partial charge is 0.391 e. The number of aliphatic hydroxyl groups excluding tert-OH is 2. The zero-order valence-electron chi connectivity index (χ0n) is 38.6. The first-order chi connectivity index (χ1) is 31.0. The second kappa shape index (κ2) is 24.0. The molecular weight excluding hydrogens is 853 g/mol. The average molecular weight is 921 g/mol. The van der Waals surface area contributed by atoms with Gasteiger partial charge in [0.2, 0.25) is 23.6 Å². The number of fused-ring (bicyclic) bond motifs is 1. The molecule has 2 saturated heterocycles. The highest BCUT2D eigenvalue weighted by atomic mass is 32.2. The fourth-order valence-corrected chi connectivity index (χ4v) is 8.32. The van der Waals surface area contributed by atoms with Crippen molar-refractivity contribution in [1.29, 1.82) is 0 Å². The highest BCUT2D eigenvalue weighted by Gasteiger charge is 2.45. The first-order valence-electron chi connectivity index (χ1n) is 22.6. The number of rotatable bonds is 22. The Hall–Kier alpha value is -4.95. The van der Waals surface area contributed by atoms with Gasteiger partial charge in [-0.15, -0.1) is 11.8 Å². The number of nitrogens with zero attached hydrogens (tertiary/aromatic N) is 6. The van der Waals surface area contributed by atoms with Crippen molar-refractivity contribution in [3.63, 3.8) is 0 Å². The van der Waals surface area contributed by atoms with Crippen molar-refractivity contribution < 1.29 is 38.9 Å². The molecule has 3 aliphatic rings. The number of carbonyl (C=O) groups excluding carboxylic acids is 5. The van der Waals surface area contributed by atoms with E-state index in [-0.39, 0.29) is 63.2 Å². The van der Waals surface area contributed by atoms with E-state index in [0.717, 1.165) is 31.7 Å². The zero-order valence-corrected chi connectivity index (χ0v) is 39.4. The molecule has 18 nitrogen and oxygen atoms in total. The van der Waals surface area contributed by atoms with Crippen LogP contribution in [0.3, 0.4) is 0 Å². The van der Waals surface area contributed by atoms with Crippen molar-refractivity contribution in [3.05, 3.63) is 65.6 Å². The summed E-state index contributed by atoms with van der Waals surface area (Å²) in [5.41, 5.74) is 2.67. The highest BCUT2D eigenvalue weighted by Crippen LogP contribution is 2.27. The van der Waals surface area contributed by atoms with Crippen molar-refractivity contribution >= 4 is 52.7 Å². The van der Waals surface area contributed by atoms with Crippen LogP contribution in [0.15, 0.2) is 53.8 Å². The zero-order chi connectivity index (χ0) is 47.1. The first-order valence-corrected chi connectivity index (χ1v) is 23.7. The molecule has 4 heterocycles. The highest BCUT2D eigenvalue weighted by molar-refractivity contribution is 8.12. The van der Waals surface area contributed by atoms with Crippen LogP contribution in [0.4, 0.5) is 5.82 Å². The molecule has 6 N–H and O–H groups in total. The molecule has 1 aromatic heterocycles. The third-order valence-corrected chi connectivity index (χ3v) is 12.1. The van der Waals surface area contributed by atoms with E-state index in [2.05, 4.69) is 53.3 Å². The van der Waals surface area contributed by atoms with E-state index >= 15 is 0 Å². The monoisotopic (exact) mass is 920 g/mol. The molecule has 0 bridgehead atoms. The molecule has 19 heteroatoms. The number of aliphatic imine (C=N–C) groups is 1. The molecule has 3 aliphatic heterocycles. The summed E-state index contributed by atoms with van der Waals surface area (Å²) in [4.78, 5) is 84.6. The summed E-state index contributed by atoms with van der Waals surface area (Å²) in [6.07, 6.45) is 5.13. The maximum absolute atomic E-state index is 14.0. The number of likely N-dealkylation sites (tertiary alicyclic amines) is 2. The number of aliphatic hydroxyl groups is 2. The van der Waals surface area contributed by atoms with Crippen molar-refractivity contribution in [1.82, 2.24) is 40.6 Å². The number of nitrogens with one attached hydrogen (secondary N) is 4. The lowest BCUT2D eigenvalue weighted by molar-refractivity contribution is -0.144. The molecule has 5 rings (SSSR count). The van der Waals surface area contributed by atoms with Crippen LogP contribution in [0.25, 0.3) is 0 Å². The topological polar surface area (TPSA) is 231 Å². The average Bonchev–Trinajstić information content (AvgIpc) is 3.66. The van der Waals surface area contributed by atoms with Crippen molar-refractivity contribution in [2.45, 2.75) is 116 Å². The van der Waals surface area contributed by atoms with E-state index in [1.807, 2.05) is 52.8 Å². The first kappa shape index (κ1) is 51.0. The Kier molecular flexibility index (Phi) is 18.8. The smallest absolute Gasteiger partial charge is 0.270 e. The second-order valence-electron chi connectivity index (χ2n) is 18.1. The summed E-state index contributed by atoms with van der Waals surface area (Å²) < 4.78 is 5.64. The van der Waals surface area contributed by atoms with Crippen LogP contribution in [0.1, 0.15) is 88.8 Å². The van der Waals surface area contributed by atoms with Gasteiger partial charge in [-0.2, -0.15) is 0 Å². The predicted molar refractivity (Wildman–Crippen MR) is 250 cm³/mol. The molecule has 2 aromatic rings. The summed E-state index contributed by atoms with van der Waals surface area (Å²) in [5, 5.41) is 33.0. The number of anilines is 1. The standard InChI is InChI=1S/C46H68N10O8S/c1-7-9-17-46(6,50-30-65-8-2)53-43(62)37-21-34(57)28-56(37)44(63)41(45(3,4)5)52-39(59)15-19-64-20-16-40(60)55-25-33(26-55)51-38-22-36(48-29-49-38)42(61)47-23-35(58)27-54-18-14-31-12-10-11-13-32(31)24-54/h9-13,17,22,29-30,33-35,37,41,57-58H,7-8,14-16,18-21,23-28H2,1-6H3,(H,47,61)(H,52,59)(H,53,62)(H,48,49,51)/b17-9-,50-30?/t34-,35+,37+,41-,46?/m1/s1. The van der Waals surface area contributed by atoms with Gasteiger partial charge >= 0.3 is 0 Å². The molecular formula is C46H68N10O8S. The lowest BCUT2D eigenvalue weighted by Crippen LogP contribution is -2.59. The summed E-state index contributed by atoms with van der Waals surface area (Å²) >= 11 is 1.50. The van der Waals surface area contributed by atoms with Gasteiger partial charge in [0, 0.05) is 64.7 Å². The molecule has 0 spiro atoms. The Bertz CT molecular complexity index is 2010. The SMILES string of the molecule is CC/C=C\C(C)(N=CSCC)NC(=O)[C@@H]1C[C@@H](O)CN1C(=O)[C@@H](NC(=O)CCOCCC(=O)N1CC(Nc2cc(C(=O)NC[C@H](O)CN3CCc4ccccc4C3)ncn2)C1)C(C)(C)C. The van der Waals surface area contributed by atoms with Crippen LogP contribution in [0.2, 0.25) is 0 Å². The molecule has 1 unspecified atom stereocenters. The number of benzene rings is 1. The van der Waals surface area contributed by atoms with E-state index in [0.29, 0.717) is 25.5 Å². The Labute approximate surface area is 386 Å². The molecule has 5 amide bonds. The lowest BCUT2D eigenvalue weighted by Gasteiger charge is -2.39. The van der Waals surface area contributed by atoms with Crippen LogP contribution >= 0.6 is 11.8 Å². The minimum atomic E-state index is -1.05. The Morgan fingerprint density at radius 1 is 1.03 bits per heavy atom. The van der Waals surface area contributed by atoms with Crippen molar-refractivity contribution in [2.24, 2.45) is 10.4 Å². The summed E-state index contributed by atoms with van der Waals surface area (Å²) in [6.45, 7) is 14.3. The minimum absolute atomic E-state index is 0.0263. The molecule has 5 atom stereocenters. The number of amides is 5. The van der Waals surface area contributed by atoms with Gasteiger partial charge in [-0.3, -0.25) is 33.9 Å². The Morgan fingerprint density at radius 2 is 1.77 bits per heavy atom. The normalized spacial score (nSPS) is 19.9. The maximum Gasteiger partial charge on any atom is 0.270 e. The van der Waals surface area contributed by atoms with Gasteiger partial charge in [-0.05, 0) is 48.1 Å². The number of aromatic nitrogens is 2. The molecule has 0 radical (unpaired) electrons. The maximum atomic E-state index is 14.0. The fraction of sp³-hybridized carbons (Fsp3) is 0.609. The minimum Gasteiger partial charge on any atom is -0.391 e. The van der Waals surface area contributed by atoms with Crippen LogP contribution < -0.4 is 21.3 Å². The van der Waals surface area contributed by atoms with E-state index < -0.39 is 59.0 Å². The van der Waals surface area contributed by atoms with Crippen LogP contribution in [-0.2, 0) is 36.9 Å². The summed E-state index contributed by atoms with van der Waals surface area (Å²) in [6, 6.07) is 7.81. The van der Waals surface area contributed by atoms with Gasteiger partial charge in [0.1, 0.15) is 35.6 Å². The number of ether oxygens (including phenoxy) is 1. The number of hydrogen-bond acceptors (Lipinski definition) is 14. The van der Waals surface area contributed by atoms with Crippen LogP contribution in [-0.4, -0.2) is 164 Å². The lowest BCUT2D eigenvalue weighted by atomic mass is 9.85. The molecule has 0 aliphatic carbocycles. The number of hydrogen-bond donors (Lipinski definition) is 6. The van der Waals surface area contributed by atoms with Gasteiger partial charge in [0.05, 0.1) is 43.4 Å². The van der Waals surface area contributed by atoms with Crippen molar-refractivity contribution in [3.8, 4) is 0 Å². The second-order valence-corrected chi connectivity index (χ2v) is 19.2.